The molecule has 3 heteroatoms. The Bertz CT molecular complexity index is 190. The molecule has 2 N–H and O–H groups in total. The Morgan fingerprint density at radius 2 is 2.07 bits per heavy atom. The van der Waals surface area contributed by atoms with Gasteiger partial charge in [0.1, 0.15) is 0 Å². The Balaban J connectivity index is 3.99. The zero-order chi connectivity index (χ0) is 11.0. The van der Waals surface area contributed by atoms with Crippen LogP contribution in [0.4, 0.5) is 0 Å². The Morgan fingerprint density at radius 1 is 1.43 bits per heavy atom. The van der Waals surface area contributed by atoms with Crippen molar-refractivity contribution in [3.63, 3.8) is 0 Å². The van der Waals surface area contributed by atoms with Crippen LogP contribution in [0.3, 0.4) is 0 Å². The first-order chi connectivity index (χ1) is 6.67. The standard InChI is InChI=1S/C11H21NO2/c1-4-6-7-8-10(5-2)9(3)11(13)12-14/h10,14H,3-8H2,1-2H3,(H,12,13). The molecule has 0 aliphatic rings. The van der Waals surface area contributed by atoms with Gasteiger partial charge in [-0.1, -0.05) is 39.7 Å². The zero-order valence-corrected chi connectivity index (χ0v) is 9.18. The second-order valence-electron chi connectivity index (χ2n) is 3.57. The predicted molar refractivity (Wildman–Crippen MR) is 57.0 cm³/mol. The normalized spacial score (nSPS) is 12.2. The minimum Gasteiger partial charge on any atom is -0.288 e. The number of rotatable bonds is 7. The summed E-state index contributed by atoms with van der Waals surface area (Å²) in [5.74, 6) is -0.248. The molecule has 1 atom stereocenters. The first kappa shape index (κ1) is 13.2. The number of carbonyl (C=O) groups excluding carboxylic acids is 1. The molecule has 0 spiro atoms. The molecule has 0 aliphatic carbocycles. The van der Waals surface area contributed by atoms with Crippen LogP contribution in [-0.4, -0.2) is 11.1 Å². The summed E-state index contributed by atoms with van der Waals surface area (Å²) in [5, 5.41) is 8.46. The molecule has 14 heavy (non-hydrogen) atoms. The molecule has 0 saturated carbocycles. The van der Waals surface area contributed by atoms with Crippen molar-refractivity contribution >= 4 is 5.91 Å². The summed E-state index contributed by atoms with van der Waals surface area (Å²) in [6.07, 6.45) is 5.36. The summed E-state index contributed by atoms with van der Waals surface area (Å²) in [4.78, 5) is 11.1. The van der Waals surface area contributed by atoms with Crippen molar-refractivity contribution in [2.24, 2.45) is 5.92 Å². The smallest absolute Gasteiger partial charge is 0.270 e. The highest BCUT2D eigenvalue weighted by molar-refractivity contribution is 5.92. The molecule has 3 nitrogen and oxygen atoms in total. The molecule has 0 fully saturated rings. The summed E-state index contributed by atoms with van der Waals surface area (Å²) in [7, 11) is 0. The summed E-state index contributed by atoms with van der Waals surface area (Å²) in [5.41, 5.74) is 2.12. The molecule has 0 heterocycles. The van der Waals surface area contributed by atoms with Gasteiger partial charge in [-0.2, -0.15) is 0 Å². The second kappa shape index (κ2) is 7.56. The molecular weight excluding hydrogens is 178 g/mol. The largest absolute Gasteiger partial charge is 0.288 e. The van der Waals surface area contributed by atoms with E-state index in [4.69, 9.17) is 5.21 Å². The van der Waals surface area contributed by atoms with Gasteiger partial charge in [0.2, 0.25) is 0 Å². The van der Waals surface area contributed by atoms with E-state index in [1.165, 1.54) is 12.8 Å². The van der Waals surface area contributed by atoms with E-state index in [2.05, 4.69) is 13.5 Å². The van der Waals surface area contributed by atoms with Crippen LogP contribution >= 0.6 is 0 Å². The fourth-order valence-corrected chi connectivity index (χ4v) is 1.52. The quantitative estimate of drug-likeness (QED) is 0.286. The molecule has 1 unspecified atom stereocenters. The lowest BCUT2D eigenvalue weighted by molar-refractivity contribution is -0.125. The average molecular weight is 199 g/mol. The summed E-state index contributed by atoms with van der Waals surface area (Å²) in [6.45, 7) is 7.89. The fourth-order valence-electron chi connectivity index (χ4n) is 1.52. The van der Waals surface area contributed by atoms with Crippen molar-refractivity contribution in [2.75, 3.05) is 0 Å². The highest BCUT2D eigenvalue weighted by Crippen LogP contribution is 2.20. The fraction of sp³-hybridized carbons (Fsp3) is 0.727. The number of hydrogen-bond acceptors (Lipinski definition) is 2. The molecule has 0 bridgehead atoms. The van der Waals surface area contributed by atoms with Gasteiger partial charge in [0.25, 0.3) is 5.91 Å². The molecule has 0 aromatic rings. The number of hydrogen-bond donors (Lipinski definition) is 2. The third kappa shape index (κ3) is 4.42. The maximum atomic E-state index is 11.1. The van der Waals surface area contributed by atoms with Crippen LogP contribution < -0.4 is 5.48 Å². The van der Waals surface area contributed by atoms with Crippen molar-refractivity contribution in [1.82, 2.24) is 5.48 Å². The van der Waals surface area contributed by atoms with Gasteiger partial charge < -0.3 is 0 Å². The van der Waals surface area contributed by atoms with Gasteiger partial charge in [-0.25, -0.2) is 5.48 Å². The molecule has 0 rings (SSSR count). The van der Waals surface area contributed by atoms with E-state index in [1.807, 2.05) is 6.92 Å². The second-order valence-corrected chi connectivity index (χ2v) is 3.57. The predicted octanol–water partition coefficient (Wildman–Crippen LogP) is 2.65. The van der Waals surface area contributed by atoms with Gasteiger partial charge in [0.05, 0.1) is 0 Å². The van der Waals surface area contributed by atoms with Crippen molar-refractivity contribution < 1.29 is 10.0 Å². The van der Waals surface area contributed by atoms with Crippen molar-refractivity contribution in [1.29, 1.82) is 0 Å². The highest BCUT2D eigenvalue weighted by Gasteiger charge is 2.16. The van der Waals surface area contributed by atoms with Crippen LogP contribution in [-0.2, 0) is 4.79 Å². The van der Waals surface area contributed by atoms with Crippen molar-refractivity contribution in [3.05, 3.63) is 12.2 Å². The van der Waals surface area contributed by atoms with Gasteiger partial charge in [0.15, 0.2) is 0 Å². The van der Waals surface area contributed by atoms with Crippen molar-refractivity contribution in [2.45, 2.75) is 46.0 Å². The van der Waals surface area contributed by atoms with Gasteiger partial charge in [-0.15, -0.1) is 0 Å². The lowest BCUT2D eigenvalue weighted by Gasteiger charge is -2.15. The summed E-state index contributed by atoms with van der Waals surface area (Å²) >= 11 is 0. The molecule has 0 saturated heterocycles. The lowest BCUT2D eigenvalue weighted by atomic mass is 9.91. The van der Waals surface area contributed by atoms with Crippen molar-refractivity contribution in [3.8, 4) is 0 Å². The van der Waals surface area contributed by atoms with Crippen LogP contribution in [0.15, 0.2) is 12.2 Å². The SMILES string of the molecule is C=C(C(=O)NO)C(CC)CCCCC. The molecule has 0 aromatic heterocycles. The minimum atomic E-state index is -0.451. The molecule has 0 aromatic carbocycles. The number of carbonyl (C=O) groups is 1. The van der Waals surface area contributed by atoms with E-state index in [9.17, 15) is 4.79 Å². The molecule has 0 aliphatic heterocycles. The third-order valence-corrected chi connectivity index (χ3v) is 2.53. The molecular formula is C11H21NO2. The average Bonchev–Trinajstić information content (AvgIpc) is 2.22. The van der Waals surface area contributed by atoms with Gasteiger partial charge in [-0.3, -0.25) is 10.0 Å². The Hall–Kier alpha value is -0.830. The summed E-state index contributed by atoms with van der Waals surface area (Å²) < 4.78 is 0. The van der Waals surface area contributed by atoms with Crippen LogP contribution in [0.2, 0.25) is 0 Å². The Kier molecular flexibility index (Phi) is 7.11. The zero-order valence-electron chi connectivity index (χ0n) is 9.18. The van der Waals surface area contributed by atoms with E-state index in [-0.39, 0.29) is 5.92 Å². The van der Waals surface area contributed by atoms with E-state index in [0.717, 1.165) is 19.3 Å². The number of amides is 1. The lowest BCUT2D eigenvalue weighted by Crippen LogP contribution is -2.24. The van der Waals surface area contributed by atoms with Gasteiger partial charge in [-0.05, 0) is 18.8 Å². The van der Waals surface area contributed by atoms with Crippen LogP contribution in [0.5, 0.6) is 0 Å². The number of unbranched alkanes of at least 4 members (excludes halogenated alkanes) is 2. The first-order valence-electron chi connectivity index (χ1n) is 5.30. The van der Waals surface area contributed by atoms with Crippen LogP contribution in [0.25, 0.3) is 0 Å². The van der Waals surface area contributed by atoms with Gasteiger partial charge in [0, 0.05) is 5.57 Å². The van der Waals surface area contributed by atoms with Crippen LogP contribution in [0, 0.1) is 5.92 Å². The van der Waals surface area contributed by atoms with Crippen LogP contribution in [0.1, 0.15) is 46.0 Å². The first-order valence-corrected chi connectivity index (χ1v) is 5.30. The minimum absolute atomic E-state index is 0.202. The Labute approximate surface area is 86.2 Å². The van der Waals surface area contributed by atoms with E-state index in [1.54, 1.807) is 5.48 Å². The topological polar surface area (TPSA) is 49.3 Å². The molecule has 1 amide bonds. The number of nitrogens with one attached hydrogen (secondary N) is 1. The van der Waals surface area contributed by atoms with E-state index < -0.39 is 5.91 Å². The Morgan fingerprint density at radius 3 is 2.50 bits per heavy atom. The molecule has 82 valence electrons. The monoisotopic (exact) mass is 199 g/mol. The molecule has 0 radical (unpaired) electrons. The maximum absolute atomic E-state index is 11.1. The van der Waals surface area contributed by atoms with Gasteiger partial charge >= 0.3 is 0 Å². The van der Waals surface area contributed by atoms with E-state index in [0.29, 0.717) is 5.57 Å². The highest BCUT2D eigenvalue weighted by atomic mass is 16.5. The van der Waals surface area contributed by atoms with E-state index >= 15 is 0 Å². The maximum Gasteiger partial charge on any atom is 0.270 e. The number of hydroxylamine groups is 1. The third-order valence-electron chi connectivity index (χ3n) is 2.53. The summed E-state index contributed by atoms with van der Waals surface area (Å²) in [6, 6.07) is 0.